The van der Waals surface area contributed by atoms with Gasteiger partial charge in [-0.25, -0.2) is 4.79 Å². The summed E-state index contributed by atoms with van der Waals surface area (Å²) >= 11 is 0. The fourth-order valence-corrected chi connectivity index (χ4v) is 2.06. The monoisotopic (exact) mass is 364 g/mol. The molecule has 0 aliphatic carbocycles. The van der Waals surface area contributed by atoms with Crippen molar-refractivity contribution in [3.63, 3.8) is 0 Å². The molecule has 0 saturated heterocycles. The summed E-state index contributed by atoms with van der Waals surface area (Å²) in [5.41, 5.74) is 55.6. The Morgan fingerprint density at radius 2 is 0.615 bits per heavy atom. The Hall–Kier alpha value is -4.29. The van der Waals surface area contributed by atoms with E-state index in [0.717, 1.165) is 0 Å². The summed E-state index contributed by atoms with van der Waals surface area (Å²) in [5, 5.41) is 0. The second-order valence-electron chi connectivity index (χ2n) is 5.25. The molecule has 0 bridgehead atoms. The van der Waals surface area contributed by atoms with Crippen LogP contribution < -0.4 is 66.8 Å². The zero-order valence-corrected chi connectivity index (χ0v) is 13.5. The van der Waals surface area contributed by atoms with E-state index < -0.39 is 6.16 Å². The molecule has 2 aromatic rings. The van der Waals surface area contributed by atoms with Gasteiger partial charge in [-0.15, -0.1) is 0 Å². The smallest absolute Gasteiger partial charge is 0.395 e. The van der Waals surface area contributed by atoms with E-state index in [2.05, 4.69) is 0 Å². The number of benzene rings is 2. The van der Waals surface area contributed by atoms with Gasteiger partial charge in [0, 0.05) is 0 Å². The van der Waals surface area contributed by atoms with E-state index in [9.17, 15) is 4.79 Å². The van der Waals surface area contributed by atoms with Crippen LogP contribution in [0.5, 0.6) is 11.5 Å². The van der Waals surface area contributed by atoms with E-state index >= 15 is 0 Å². The number of rotatable bonds is 2. The van der Waals surface area contributed by atoms with E-state index in [1.54, 1.807) is 0 Å². The normalized spacial score (nSPS) is 10.5. The molecule has 0 radical (unpaired) electrons. The highest BCUT2D eigenvalue weighted by molar-refractivity contribution is 6.01. The molecular formula is C13H20N10O3. The SMILES string of the molecule is Nc1c(N)c(N)c(OC(=O)Oc2c(N)c(N)c(N)c(N)c2N)c(N)c1N. The van der Waals surface area contributed by atoms with Crippen LogP contribution in [0.1, 0.15) is 0 Å². The van der Waals surface area contributed by atoms with Crippen LogP contribution in [0.4, 0.5) is 61.7 Å². The lowest BCUT2D eigenvalue weighted by molar-refractivity contribution is 0.153. The molecule has 0 aromatic heterocycles. The molecule has 2 aromatic carbocycles. The highest BCUT2D eigenvalue weighted by atomic mass is 16.7. The Kier molecular flexibility index (Phi) is 4.15. The molecule has 26 heavy (non-hydrogen) atoms. The van der Waals surface area contributed by atoms with E-state index in [-0.39, 0.29) is 68.4 Å². The number of carbonyl (C=O) groups excluding carboxylic acids is 1. The lowest BCUT2D eigenvalue weighted by Crippen LogP contribution is -2.20. The van der Waals surface area contributed by atoms with Crippen molar-refractivity contribution in [1.29, 1.82) is 0 Å². The van der Waals surface area contributed by atoms with Crippen LogP contribution in [-0.2, 0) is 0 Å². The van der Waals surface area contributed by atoms with Crippen LogP contribution >= 0.6 is 0 Å². The van der Waals surface area contributed by atoms with Crippen LogP contribution in [0, 0.1) is 0 Å². The molecular weight excluding hydrogens is 344 g/mol. The number of anilines is 10. The maximum absolute atomic E-state index is 12.1. The number of nitrogens with two attached hydrogens (primary N) is 10. The largest absolute Gasteiger partial charge is 0.519 e. The molecule has 13 nitrogen and oxygen atoms in total. The minimum Gasteiger partial charge on any atom is -0.395 e. The molecule has 0 fully saturated rings. The van der Waals surface area contributed by atoms with Gasteiger partial charge in [-0.2, -0.15) is 0 Å². The molecule has 0 atom stereocenters. The first-order valence-electron chi connectivity index (χ1n) is 6.91. The first-order chi connectivity index (χ1) is 12.0. The lowest BCUT2D eigenvalue weighted by Gasteiger charge is -2.18. The molecule has 140 valence electrons. The quantitative estimate of drug-likeness (QED) is 0.175. The number of carbonyl (C=O) groups is 1. The number of hydrogen-bond donors (Lipinski definition) is 10. The average Bonchev–Trinajstić information content (AvgIpc) is 2.62. The Balaban J connectivity index is 2.41. The maximum atomic E-state index is 12.1. The van der Waals surface area contributed by atoms with Gasteiger partial charge >= 0.3 is 6.16 Å². The Bertz CT molecular complexity index is 796. The Morgan fingerprint density at radius 1 is 0.423 bits per heavy atom. The van der Waals surface area contributed by atoms with Gasteiger partial charge in [0.1, 0.15) is 22.7 Å². The third kappa shape index (κ3) is 2.58. The third-order valence-corrected chi connectivity index (χ3v) is 3.67. The standard InChI is InChI=1S/C13H20N10O3/c14-1-3(16)7(20)11(8(21)4(1)17)25-13(24)26-12-9(22)5(18)2(15)6(19)10(12)23/h14-23H2. The van der Waals surface area contributed by atoms with E-state index in [0.29, 0.717) is 0 Å². The molecule has 0 aliphatic rings. The zero-order valence-electron chi connectivity index (χ0n) is 13.5. The van der Waals surface area contributed by atoms with Gasteiger partial charge in [-0.1, -0.05) is 0 Å². The summed E-state index contributed by atoms with van der Waals surface area (Å²) in [7, 11) is 0. The summed E-state index contributed by atoms with van der Waals surface area (Å²) in [4.78, 5) is 12.1. The van der Waals surface area contributed by atoms with E-state index in [1.807, 2.05) is 0 Å². The Morgan fingerprint density at radius 3 is 0.846 bits per heavy atom. The second kappa shape index (κ2) is 5.97. The first-order valence-corrected chi connectivity index (χ1v) is 6.91. The predicted molar refractivity (Wildman–Crippen MR) is 104 cm³/mol. The summed E-state index contributed by atoms with van der Waals surface area (Å²) < 4.78 is 9.93. The zero-order chi connectivity index (χ0) is 19.9. The summed E-state index contributed by atoms with van der Waals surface area (Å²) in [6, 6.07) is 0. The third-order valence-electron chi connectivity index (χ3n) is 3.67. The molecule has 0 spiro atoms. The first kappa shape index (κ1) is 18.1. The van der Waals surface area contributed by atoms with Gasteiger partial charge in [0.2, 0.25) is 0 Å². The highest BCUT2D eigenvalue weighted by Gasteiger charge is 2.24. The Labute approximate surface area is 147 Å². The van der Waals surface area contributed by atoms with Gasteiger partial charge in [0.25, 0.3) is 0 Å². The predicted octanol–water partition coefficient (Wildman–Crippen LogP) is -0.914. The van der Waals surface area contributed by atoms with E-state index in [4.69, 9.17) is 66.8 Å². The van der Waals surface area contributed by atoms with Crippen molar-refractivity contribution in [2.75, 3.05) is 57.3 Å². The van der Waals surface area contributed by atoms with Gasteiger partial charge in [-0.05, 0) is 0 Å². The molecule has 13 heteroatoms. The minimum atomic E-state index is -1.31. The number of hydrogen-bond acceptors (Lipinski definition) is 13. The number of ether oxygens (including phenoxy) is 2. The van der Waals surface area contributed by atoms with Gasteiger partial charge in [0.15, 0.2) is 11.5 Å². The molecule has 0 unspecified atom stereocenters. The molecule has 0 saturated carbocycles. The topological polar surface area (TPSA) is 296 Å². The van der Waals surface area contributed by atoms with Crippen molar-refractivity contribution in [3.8, 4) is 11.5 Å². The summed E-state index contributed by atoms with van der Waals surface area (Å²) in [6.45, 7) is 0. The van der Waals surface area contributed by atoms with Crippen molar-refractivity contribution >= 4 is 63.0 Å². The minimum absolute atomic E-state index is 0.0479. The van der Waals surface area contributed by atoms with Crippen LogP contribution in [0.25, 0.3) is 0 Å². The molecule has 0 amide bonds. The van der Waals surface area contributed by atoms with E-state index in [1.165, 1.54) is 0 Å². The second-order valence-corrected chi connectivity index (χ2v) is 5.25. The van der Waals surface area contributed by atoms with Crippen LogP contribution in [-0.4, -0.2) is 6.16 Å². The highest BCUT2D eigenvalue weighted by Crippen LogP contribution is 2.46. The summed E-state index contributed by atoms with van der Waals surface area (Å²) in [6.07, 6.45) is -1.31. The fourth-order valence-electron chi connectivity index (χ4n) is 2.06. The maximum Gasteiger partial charge on any atom is 0.519 e. The van der Waals surface area contributed by atoms with Crippen molar-refractivity contribution in [2.45, 2.75) is 0 Å². The molecule has 0 aliphatic heterocycles. The molecule has 2 rings (SSSR count). The van der Waals surface area contributed by atoms with Crippen molar-refractivity contribution in [2.24, 2.45) is 0 Å². The molecule has 20 N–H and O–H groups in total. The van der Waals surface area contributed by atoms with Crippen LogP contribution in [0.2, 0.25) is 0 Å². The van der Waals surface area contributed by atoms with Gasteiger partial charge in [0.05, 0.1) is 34.1 Å². The van der Waals surface area contributed by atoms with Gasteiger partial charge < -0.3 is 66.8 Å². The summed E-state index contributed by atoms with van der Waals surface area (Å²) in [5.74, 6) is -0.680. The van der Waals surface area contributed by atoms with Crippen LogP contribution in [0.3, 0.4) is 0 Å². The van der Waals surface area contributed by atoms with Crippen molar-refractivity contribution in [1.82, 2.24) is 0 Å². The molecule has 0 heterocycles. The van der Waals surface area contributed by atoms with Gasteiger partial charge in [-0.3, -0.25) is 0 Å². The van der Waals surface area contributed by atoms with Crippen LogP contribution in [0.15, 0.2) is 0 Å². The number of nitrogen functional groups attached to an aromatic ring is 10. The fraction of sp³-hybridized carbons (Fsp3) is 0. The lowest BCUT2D eigenvalue weighted by atomic mass is 10.1. The average molecular weight is 364 g/mol. The van der Waals surface area contributed by atoms with Crippen molar-refractivity contribution in [3.05, 3.63) is 0 Å². The van der Waals surface area contributed by atoms with Crippen molar-refractivity contribution < 1.29 is 14.3 Å².